The van der Waals surface area contributed by atoms with Crippen LogP contribution in [-0.2, 0) is 11.3 Å². The summed E-state index contributed by atoms with van der Waals surface area (Å²) in [6.45, 7) is 6.21. The maximum Gasteiger partial charge on any atom is 0.325 e. The van der Waals surface area contributed by atoms with Crippen molar-refractivity contribution in [1.29, 1.82) is 0 Å². The van der Waals surface area contributed by atoms with Crippen molar-refractivity contribution in [2.45, 2.75) is 19.5 Å². The Bertz CT molecular complexity index is 927. The fourth-order valence-corrected chi connectivity index (χ4v) is 3.99. The lowest BCUT2D eigenvalue weighted by Crippen LogP contribution is -2.48. The van der Waals surface area contributed by atoms with E-state index >= 15 is 0 Å². The molecular weight excluding hydrogens is 338 g/mol. The van der Waals surface area contributed by atoms with Crippen molar-refractivity contribution in [3.8, 4) is 0 Å². The molecule has 5 heteroatoms. The number of aryl methyl sites for hydroxylation is 1. The van der Waals surface area contributed by atoms with Crippen LogP contribution < -0.4 is 0 Å². The van der Waals surface area contributed by atoms with Crippen LogP contribution in [0.5, 0.6) is 0 Å². The first-order valence-electron chi connectivity index (χ1n) is 9.42. The number of piperazine rings is 1. The average Bonchev–Trinajstić information content (AvgIpc) is 3.07. The van der Waals surface area contributed by atoms with E-state index < -0.39 is 12.0 Å². The van der Waals surface area contributed by atoms with Crippen molar-refractivity contribution in [2.24, 2.45) is 0 Å². The van der Waals surface area contributed by atoms with Crippen LogP contribution in [0.4, 0.5) is 0 Å². The molecule has 0 aliphatic carbocycles. The van der Waals surface area contributed by atoms with Crippen molar-refractivity contribution >= 4 is 16.9 Å². The number of rotatable bonds is 5. The molecule has 0 unspecified atom stereocenters. The third-order valence-corrected chi connectivity index (χ3v) is 5.42. The van der Waals surface area contributed by atoms with Crippen LogP contribution in [0.3, 0.4) is 0 Å². The number of benzene rings is 2. The molecule has 1 saturated heterocycles. The Hall–Kier alpha value is -2.63. The molecule has 4 rings (SSSR count). The smallest absolute Gasteiger partial charge is 0.325 e. The van der Waals surface area contributed by atoms with Gasteiger partial charge in [0.05, 0.1) is 0 Å². The number of carboxylic acids is 1. The van der Waals surface area contributed by atoms with Crippen LogP contribution in [0.1, 0.15) is 22.7 Å². The highest BCUT2D eigenvalue weighted by Gasteiger charge is 2.32. The fraction of sp³-hybridized carbons (Fsp3) is 0.318. The summed E-state index contributed by atoms with van der Waals surface area (Å²) in [4.78, 5) is 19.8. The van der Waals surface area contributed by atoms with Crippen LogP contribution in [-0.4, -0.2) is 52.0 Å². The number of carboxylic acid groups (broad SMARTS) is 1. The number of fused-ring (bicyclic) bond motifs is 1. The van der Waals surface area contributed by atoms with Gasteiger partial charge in [-0.15, -0.1) is 0 Å². The Labute approximate surface area is 159 Å². The summed E-state index contributed by atoms with van der Waals surface area (Å²) in [6, 6.07) is 16.0. The lowest BCUT2D eigenvalue weighted by molar-refractivity contribution is -0.144. The number of nitrogens with zero attached hydrogens (tertiary/aromatic N) is 2. The molecule has 1 atom stereocenters. The second-order valence-corrected chi connectivity index (χ2v) is 7.33. The summed E-state index contributed by atoms with van der Waals surface area (Å²) >= 11 is 0. The van der Waals surface area contributed by atoms with Crippen LogP contribution >= 0.6 is 0 Å². The molecule has 0 spiro atoms. The summed E-state index contributed by atoms with van der Waals surface area (Å²) in [7, 11) is 0. The number of aromatic amines is 1. The van der Waals surface area contributed by atoms with E-state index in [0.29, 0.717) is 0 Å². The summed E-state index contributed by atoms with van der Waals surface area (Å²) in [5.41, 5.74) is 4.29. The zero-order valence-electron chi connectivity index (χ0n) is 15.6. The predicted octanol–water partition coefficient (Wildman–Crippen LogP) is 3.42. The van der Waals surface area contributed by atoms with Gasteiger partial charge in [0.25, 0.3) is 0 Å². The van der Waals surface area contributed by atoms with Gasteiger partial charge in [0, 0.05) is 55.4 Å². The van der Waals surface area contributed by atoms with E-state index in [0.717, 1.165) is 54.8 Å². The molecule has 1 fully saturated rings. The van der Waals surface area contributed by atoms with Gasteiger partial charge in [-0.3, -0.25) is 14.6 Å². The predicted molar refractivity (Wildman–Crippen MR) is 107 cm³/mol. The number of nitrogens with one attached hydrogen (secondary N) is 1. The lowest BCUT2D eigenvalue weighted by Gasteiger charge is -2.37. The van der Waals surface area contributed by atoms with Gasteiger partial charge in [-0.1, -0.05) is 42.0 Å². The molecule has 0 saturated carbocycles. The van der Waals surface area contributed by atoms with E-state index in [1.807, 2.05) is 31.3 Å². The molecule has 1 aliphatic rings. The number of hydrogen-bond acceptors (Lipinski definition) is 3. The van der Waals surface area contributed by atoms with Crippen molar-refractivity contribution in [3.63, 3.8) is 0 Å². The van der Waals surface area contributed by atoms with Crippen molar-refractivity contribution in [2.75, 3.05) is 26.2 Å². The Balaban J connectivity index is 1.50. The topological polar surface area (TPSA) is 59.6 Å². The largest absolute Gasteiger partial charge is 0.480 e. The highest BCUT2D eigenvalue weighted by atomic mass is 16.4. The van der Waals surface area contributed by atoms with Crippen LogP contribution in [0, 0.1) is 6.92 Å². The molecule has 2 N–H and O–H groups in total. The summed E-state index contributed by atoms with van der Waals surface area (Å²) < 4.78 is 0. The second kappa shape index (κ2) is 7.55. The van der Waals surface area contributed by atoms with Crippen molar-refractivity contribution in [3.05, 3.63) is 71.4 Å². The monoisotopic (exact) mass is 363 g/mol. The molecule has 5 nitrogen and oxygen atoms in total. The van der Waals surface area contributed by atoms with Gasteiger partial charge in [-0.25, -0.2) is 0 Å². The van der Waals surface area contributed by atoms with Crippen LogP contribution in [0.25, 0.3) is 10.9 Å². The molecule has 0 radical (unpaired) electrons. The number of aliphatic carboxylic acids is 1. The van der Waals surface area contributed by atoms with E-state index in [2.05, 4.69) is 45.1 Å². The fourth-order valence-electron chi connectivity index (χ4n) is 3.99. The molecule has 3 aromatic rings. The maximum absolute atomic E-state index is 12.1. The van der Waals surface area contributed by atoms with Gasteiger partial charge in [0.15, 0.2) is 0 Å². The van der Waals surface area contributed by atoms with E-state index in [-0.39, 0.29) is 0 Å². The Morgan fingerprint density at radius 1 is 1.11 bits per heavy atom. The molecular formula is C22H25N3O2. The lowest BCUT2D eigenvalue weighted by atomic mass is 10.0. The minimum atomic E-state index is -0.783. The normalized spacial score (nSPS) is 17.2. The zero-order valence-corrected chi connectivity index (χ0v) is 15.6. The van der Waals surface area contributed by atoms with Crippen molar-refractivity contribution in [1.82, 2.24) is 14.8 Å². The molecule has 1 aliphatic heterocycles. The van der Waals surface area contributed by atoms with Gasteiger partial charge in [0.1, 0.15) is 6.04 Å². The Morgan fingerprint density at radius 3 is 2.56 bits per heavy atom. The van der Waals surface area contributed by atoms with E-state index in [1.54, 1.807) is 0 Å². The first-order chi connectivity index (χ1) is 13.1. The Kier molecular flexibility index (Phi) is 4.97. The van der Waals surface area contributed by atoms with Gasteiger partial charge in [-0.2, -0.15) is 0 Å². The minimum absolute atomic E-state index is 0.612. The average molecular weight is 363 g/mol. The van der Waals surface area contributed by atoms with E-state index in [1.165, 1.54) is 5.56 Å². The third-order valence-electron chi connectivity index (χ3n) is 5.42. The molecule has 2 heterocycles. The number of aromatic nitrogens is 1. The highest BCUT2D eigenvalue weighted by molar-refractivity contribution is 5.89. The van der Waals surface area contributed by atoms with Crippen molar-refractivity contribution < 1.29 is 9.90 Å². The van der Waals surface area contributed by atoms with Gasteiger partial charge >= 0.3 is 5.97 Å². The van der Waals surface area contributed by atoms with Gasteiger partial charge in [0.2, 0.25) is 0 Å². The van der Waals surface area contributed by atoms with Gasteiger partial charge < -0.3 is 10.1 Å². The minimum Gasteiger partial charge on any atom is -0.480 e. The first-order valence-corrected chi connectivity index (χ1v) is 9.42. The number of hydrogen-bond donors (Lipinski definition) is 2. The van der Waals surface area contributed by atoms with Crippen LogP contribution in [0.2, 0.25) is 0 Å². The van der Waals surface area contributed by atoms with Crippen LogP contribution in [0.15, 0.2) is 54.7 Å². The van der Waals surface area contributed by atoms with E-state index in [4.69, 9.17) is 0 Å². The third kappa shape index (κ3) is 3.75. The molecule has 0 bridgehead atoms. The zero-order chi connectivity index (χ0) is 18.8. The first kappa shape index (κ1) is 17.8. The summed E-state index contributed by atoms with van der Waals surface area (Å²) in [5, 5.41) is 11.0. The van der Waals surface area contributed by atoms with Gasteiger partial charge in [-0.05, 0) is 24.6 Å². The Morgan fingerprint density at radius 2 is 1.85 bits per heavy atom. The summed E-state index contributed by atoms with van der Waals surface area (Å²) in [6.07, 6.45) is 1.86. The number of H-pyrrole nitrogens is 1. The number of carbonyl (C=O) groups is 1. The SMILES string of the molecule is Cc1ccc2[nH]cc([C@@H](C(=O)O)N3CCN(Cc4ccccc4)CC3)c2c1. The molecule has 0 amide bonds. The standard InChI is InChI=1S/C22H25N3O2/c1-16-7-8-20-18(13-16)19(14-23-20)21(22(26)27)25-11-9-24(10-12-25)15-17-5-3-2-4-6-17/h2-8,13-14,21,23H,9-12,15H2,1H3,(H,26,27)/t21-/m0/s1. The summed E-state index contributed by atoms with van der Waals surface area (Å²) in [5.74, 6) is -0.783. The van der Waals surface area contributed by atoms with E-state index in [9.17, 15) is 9.90 Å². The quantitative estimate of drug-likeness (QED) is 0.729. The molecule has 1 aromatic heterocycles. The molecule has 27 heavy (non-hydrogen) atoms. The highest BCUT2D eigenvalue weighted by Crippen LogP contribution is 2.30. The maximum atomic E-state index is 12.1. The molecule has 2 aromatic carbocycles. The second-order valence-electron chi connectivity index (χ2n) is 7.33. The molecule has 140 valence electrons.